The number of aliphatic imine (C=N–C) groups is 1. The van der Waals surface area contributed by atoms with E-state index in [1.807, 2.05) is 12.1 Å². The molecule has 0 amide bonds. The van der Waals surface area contributed by atoms with Gasteiger partial charge in [-0.1, -0.05) is 6.07 Å². The fraction of sp³-hybridized carbons (Fsp3) is 0.600. The van der Waals surface area contributed by atoms with Gasteiger partial charge in [0.1, 0.15) is 11.3 Å². The van der Waals surface area contributed by atoms with Crippen LogP contribution in [0.25, 0.3) is 0 Å². The molecule has 0 aliphatic carbocycles. The third-order valence-electron chi connectivity index (χ3n) is 5.34. The SMILES string of the molecule is CCNC(=NCc1ccc(C(=O)OC)c(OC)c1)N1CCC2(CCOC2)C1.I. The van der Waals surface area contributed by atoms with Crippen LogP contribution in [0.5, 0.6) is 5.75 Å². The first-order chi connectivity index (χ1) is 13.1. The first-order valence-corrected chi connectivity index (χ1v) is 9.47. The van der Waals surface area contributed by atoms with Gasteiger partial charge in [-0.15, -0.1) is 24.0 Å². The Labute approximate surface area is 183 Å². The molecule has 1 atom stereocenters. The lowest BCUT2D eigenvalue weighted by atomic mass is 9.87. The minimum Gasteiger partial charge on any atom is -0.496 e. The van der Waals surface area contributed by atoms with Gasteiger partial charge in [-0.3, -0.25) is 0 Å². The highest BCUT2D eigenvalue weighted by Crippen LogP contribution is 2.38. The van der Waals surface area contributed by atoms with Crippen LogP contribution in [-0.2, 0) is 16.0 Å². The van der Waals surface area contributed by atoms with E-state index in [1.54, 1.807) is 13.2 Å². The molecule has 2 aliphatic heterocycles. The highest BCUT2D eigenvalue weighted by atomic mass is 127. The van der Waals surface area contributed by atoms with Gasteiger partial charge in [-0.25, -0.2) is 9.79 Å². The molecule has 2 aliphatic rings. The average Bonchev–Trinajstić information content (AvgIpc) is 3.34. The molecule has 8 heteroatoms. The number of carbonyl (C=O) groups is 1. The molecule has 2 fully saturated rings. The van der Waals surface area contributed by atoms with Gasteiger partial charge >= 0.3 is 5.97 Å². The predicted molar refractivity (Wildman–Crippen MR) is 119 cm³/mol. The first-order valence-electron chi connectivity index (χ1n) is 9.47. The van der Waals surface area contributed by atoms with Crippen LogP contribution in [0.2, 0.25) is 0 Å². The fourth-order valence-corrected chi connectivity index (χ4v) is 3.79. The summed E-state index contributed by atoms with van der Waals surface area (Å²) < 4.78 is 15.8. The lowest BCUT2D eigenvalue weighted by Gasteiger charge is -2.25. The van der Waals surface area contributed by atoms with E-state index in [4.69, 9.17) is 19.2 Å². The molecule has 2 saturated heterocycles. The summed E-state index contributed by atoms with van der Waals surface area (Å²) in [7, 11) is 2.91. The van der Waals surface area contributed by atoms with Crippen molar-refractivity contribution in [2.45, 2.75) is 26.3 Å². The zero-order valence-corrected chi connectivity index (χ0v) is 19.2. The van der Waals surface area contributed by atoms with Crippen molar-refractivity contribution in [1.82, 2.24) is 10.2 Å². The summed E-state index contributed by atoms with van der Waals surface area (Å²) in [4.78, 5) is 18.9. The minimum atomic E-state index is -0.406. The lowest BCUT2D eigenvalue weighted by Crippen LogP contribution is -2.41. The quantitative estimate of drug-likeness (QED) is 0.289. The number of hydrogen-bond donors (Lipinski definition) is 1. The minimum absolute atomic E-state index is 0. The molecule has 3 rings (SSSR count). The monoisotopic (exact) mass is 503 g/mol. The van der Waals surface area contributed by atoms with E-state index in [2.05, 4.69) is 17.1 Å². The number of carbonyl (C=O) groups excluding carboxylic acids is 1. The molecule has 7 nitrogen and oxygen atoms in total. The van der Waals surface area contributed by atoms with E-state index in [-0.39, 0.29) is 24.0 Å². The molecule has 1 N–H and O–H groups in total. The van der Waals surface area contributed by atoms with Crippen LogP contribution in [0.3, 0.4) is 0 Å². The smallest absolute Gasteiger partial charge is 0.341 e. The molecule has 28 heavy (non-hydrogen) atoms. The summed E-state index contributed by atoms with van der Waals surface area (Å²) in [5, 5.41) is 3.40. The largest absolute Gasteiger partial charge is 0.496 e. The topological polar surface area (TPSA) is 72.4 Å². The Morgan fingerprint density at radius 3 is 2.82 bits per heavy atom. The Morgan fingerprint density at radius 1 is 1.36 bits per heavy atom. The van der Waals surface area contributed by atoms with Crippen molar-refractivity contribution in [2.24, 2.45) is 10.4 Å². The van der Waals surface area contributed by atoms with Crippen molar-refractivity contribution in [3.63, 3.8) is 0 Å². The van der Waals surface area contributed by atoms with Gasteiger partial charge in [0, 0.05) is 31.7 Å². The number of esters is 1. The highest BCUT2D eigenvalue weighted by Gasteiger charge is 2.42. The second-order valence-corrected chi connectivity index (χ2v) is 7.17. The maximum absolute atomic E-state index is 11.8. The maximum Gasteiger partial charge on any atom is 0.341 e. The van der Waals surface area contributed by atoms with Crippen LogP contribution < -0.4 is 10.1 Å². The highest BCUT2D eigenvalue weighted by molar-refractivity contribution is 14.0. The van der Waals surface area contributed by atoms with Crippen molar-refractivity contribution in [1.29, 1.82) is 0 Å². The van der Waals surface area contributed by atoms with Crippen molar-refractivity contribution in [3.05, 3.63) is 29.3 Å². The fourth-order valence-electron chi connectivity index (χ4n) is 3.79. The van der Waals surface area contributed by atoms with Crippen LogP contribution in [0.1, 0.15) is 35.7 Å². The molecule has 1 aromatic carbocycles. The maximum atomic E-state index is 11.8. The first kappa shape index (κ1) is 22.7. The third-order valence-corrected chi connectivity index (χ3v) is 5.34. The van der Waals surface area contributed by atoms with E-state index in [0.717, 1.165) is 57.2 Å². The Morgan fingerprint density at radius 2 is 2.18 bits per heavy atom. The Hall–Kier alpha value is -1.55. The second-order valence-electron chi connectivity index (χ2n) is 7.17. The third kappa shape index (κ3) is 5.08. The number of rotatable bonds is 5. The summed E-state index contributed by atoms with van der Waals surface area (Å²) in [5.41, 5.74) is 1.69. The van der Waals surface area contributed by atoms with Crippen LogP contribution >= 0.6 is 24.0 Å². The number of nitrogens with zero attached hydrogens (tertiary/aromatic N) is 2. The second kappa shape index (κ2) is 10.3. The molecule has 2 heterocycles. The molecule has 0 saturated carbocycles. The van der Waals surface area contributed by atoms with Gasteiger partial charge in [0.15, 0.2) is 5.96 Å². The van der Waals surface area contributed by atoms with Gasteiger partial charge in [0.2, 0.25) is 0 Å². The number of likely N-dealkylation sites (tertiary alicyclic amines) is 1. The van der Waals surface area contributed by atoms with Crippen molar-refractivity contribution >= 4 is 35.9 Å². The average molecular weight is 503 g/mol. The molecule has 1 spiro atoms. The Kier molecular flexibility index (Phi) is 8.36. The van der Waals surface area contributed by atoms with Crippen molar-refractivity contribution < 1.29 is 19.0 Å². The number of ether oxygens (including phenoxy) is 3. The Bertz CT molecular complexity index is 705. The van der Waals surface area contributed by atoms with Crippen molar-refractivity contribution in [2.75, 3.05) is 47.1 Å². The van der Waals surface area contributed by atoms with E-state index in [9.17, 15) is 4.79 Å². The van der Waals surface area contributed by atoms with E-state index >= 15 is 0 Å². The Balaban J connectivity index is 0.00000280. The van der Waals surface area contributed by atoms with Crippen LogP contribution in [0.15, 0.2) is 23.2 Å². The zero-order chi connectivity index (χ0) is 19.3. The van der Waals surface area contributed by atoms with Gasteiger partial charge in [0.25, 0.3) is 0 Å². The van der Waals surface area contributed by atoms with Crippen LogP contribution in [0.4, 0.5) is 0 Å². The molecular weight excluding hydrogens is 473 g/mol. The summed E-state index contributed by atoms with van der Waals surface area (Å²) in [6.07, 6.45) is 2.29. The summed E-state index contributed by atoms with van der Waals surface area (Å²) in [5.74, 6) is 1.02. The van der Waals surface area contributed by atoms with Gasteiger partial charge in [0.05, 0.1) is 27.4 Å². The predicted octanol–water partition coefficient (Wildman–Crippen LogP) is 2.68. The number of hydrogen-bond acceptors (Lipinski definition) is 5. The number of guanidine groups is 1. The number of benzene rings is 1. The van der Waals surface area contributed by atoms with Gasteiger partial charge < -0.3 is 24.4 Å². The zero-order valence-electron chi connectivity index (χ0n) is 16.8. The van der Waals surface area contributed by atoms with Gasteiger partial charge in [-0.2, -0.15) is 0 Å². The van der Waals surface area contributed by atoms with Gasteiger partial charge in [-0.05, 0) is 37.5 Å². The molecule has 0 bridgehead atoms. The summed E-state index contributed by atoms with van der Waals surface area (Å²) in [6, 6.07) is 5.46. The molecule has 1 aromatic rings. The van der Waals surface area contributed by atoms with Crippen molar-refractivity contribution in [3.8, 4) is 5.75 Å². The normalized spacial score (nSPS) is 21.5. The van der Waals surface area contributed by atoms with Crippen LogP contribution in [-0.4, -0.2) is 63.9 Å². The lowest BCUT2D eigenvalue weighted by molar-refractivity contribution is 0.0597. The summed E-state index contributed by atoms with van der Waals surface area (Å²) >= 11 is 0. The van der Waals surface area contributed by atoms with Crippen LogP contribution in [0, 0.1) is 5.41 Å². The number of halogens is 1. The van der Waals surface area contributed by atoms with E-state index in [0.29, 0.717) is 23.3 Å². The molecule has 0 aromatic heterocycles. The standard InChI is InChI=1S/C20H29N3O4.HI/c1-4-21-19(23-9-7-20(13-23)8-10-27-14-20)22-12-15-5-6-16(18(24)26-3)17(11-15)25-2;/h5-6,11H,4,7-10,12-14H2,1-3H3,(H,21,22);1H. The molecule has 156 valence electrons. The molecular formula is C20H30IN3O4. The number of nitrogens with one attached hydrogen (secondary N) is 1. The molecule has 1 unspecified atom stereocenters. The summed E-state index contributed by atoms with van der Waals surface area (Å²) in [6.45, 7) is 7.13. The molecule has 0 radical (unpaired) electrons. The van der Waals surface area contributed by atoms with E-state index < -0.39 is 5.97 Å². The van der Waals surface area contributed by atoms with E-state index in [1.165, 1.54) is 7.11 Å². The number of methoxy groups -OCH3 is 2.